The average Bonchev–Trinajstić information content (AvgIpc) is 2.47. The van der Waals surface area contributed by atoms with Crippen molar-refractivity contribution in [3.8, 4) is 0 Å². The van der Waals surface area contributed by atoms with E-state index in [-0.39, 0.29) is 12.0 Å². The number of rotatable bonds is 3. The van der Waals surface area contributed by atoms with E-state index in [1.807, 2.05) is 45.0 Å². The molecule has 0 bridgehead atoms. The summed E-state index contributed by atoms with van der Waals surface area (Å²) in [7, 11) is 0. The van der Waals surface area contributed by atoms with Crippen LogP contribution >= 0.6 is 11.8 Å². The lowest BCUT2D eigenvalue weighted by Crippen LogP contribution is -2.50. The van der Waals surface area contributed by atoms with E-state index in [0.717, 1.165) is 4.90 Å². The number of benzene rings is 1. The molecule has 1 aliphatic rings. The largest absolute Gasteiger partial charge is 0.390 e. The zero-order valence-electron chi connectivity index (χ0n) is 12.3. The van der Waals surface area contributed by atoms with Crippen LogP contribution in [0.3, 0.4) is 0 Å². The molecule has 0 aliphatic carbocycles. The highest BCUT2D eigenvalue weighted by molar-refractivity contribution is 7.99. The number of hydrogen-bond donors (Lipinski definition) is 3. The maximum absolute atomic E-state index is 9.77. The first-order valence-electron chi connectivity index (χ1n) is 7.05. The number of nitrogens with two attached hydrogens (primary N) is 1. The Bertz CT molecular complexity index is 385. The van der Waals surface area contributed by atoms with Gasteiger partial charge in [-0.3, -0.25) is 0 Å². The molecule has 20 heavy (non-hydrogen) atoms. The van der Waals surface area contributed by atoms with Gasteiger partial charge in [0, 0.05) is 17.9 Å². The van der Waals surface area contributed by atoms with Crippen molar-refractivity contribution in [2.45, 2.75) is 55.8 Å². The van der Waals surface area contributed by atoms with Crippen LogP contribution in [0.2, 0.25) is 0 Å². The van der Waals surface area contributed by atoms with E-state index in [1.54, 1.807) is 11.8 Å². The molecule has 0 spiro atoms. The van der Waals surface area contributed by atoms with E-state index in [1.165, 1.54) is 5.56 Å². The minimum atomic E-state index is -0.884. The normalized spacial score (nSPS) is 29.5. The number of thioether (sulfide) groups is 1. The van der Waals surface area contributed by atoms with Crippen LogP contribution < -0.4 is 5.73 Å². The third-order valence-corrected chi connectivity index (χ3v) is 4.17. The maximum Gasteiger partial charge on any atom is 0.110 e. The van der Waals surface area contributed by atoms with Crippen LogP contribution in [0.25, 0.3) is 0 Å². The van der Waals surface area contributed by atoms with Gasteiger partial charge in [-0.2, -0.15) is 0 Å². The molecule has 1 saturated heterocycles. The van der Waals surface area contributed by atoms with Crippen LogP contribution in [0, 0.1) is 6.92 Å². The van der Waals surface area contributed by atoms with Crippen molar-refractivity contribution in [2.24, 2.45) is 5.73 Å². The molecule has 2 rings (SSSR count). The quantitative estimate of drug-likeness (QED) is 0.795. The number of aliphatic hydroxyl groups excluding tert-OH is 2. The summed E-state index contributed by atoms with van der Waals surface area (Å²) in [6.45, 7) is 6.25. The zero-order valence-corrected chi connectivity index (χ0v) is 13.1. The van der Waals surface area contributed by atoms with Crippen LogP contribution in [0.5, 0.6) is 0 Å². The number of aryl methyl sites for hydroxylation is 1. The fourth-order valence-corrected chi connectivity index (χ4v) is 3.04. The molecule has 0 saturated carbocycles. The highest BCUT2D eigenvalue weighted by Gasteiger charge is 2.36. The fourth-order valence-electron chi connectivity index (χ4n) is 1.95. The molecule has 4 nitrogen and oxygen atoms in total. The van der Waals surface area contributed by atoms with Crippen LogP contribution in [0.1, 0.15) is 25.8 Å². The number of ether oxygens (including phenoxy) is 1. The Kier molecular flexibility index (Phi) is 7.55. The Morgan fingerprint density at radius 2 is 1.85 bits per heavy atom. The van der Waals surface area contributed by atoms with Gasteiger partial charge >= 0.3 is 0 Å². The summed E-state index contributed by atoms with van der Waals surface area (Å²) in [6.07, 6.45) is -1.73. The molecule has 1 fully saturated rings. The van der Waals surface area contributed by atoms with Gasteiger partial charge in [-0.05, 0) is 19.1 Å². The molecule has 0 aromatic heterocycles. The highest BCUT2D eigenvalue weighted by Crippen LogP contribution is 2.32. The third kappa shape index (κ3) is 4.75. The molecule has 4 unspecified atom stereocenters. The Hall–Kier alpha value is -0.590. The fraction of sp³-hybridized carbons (Fsp3) is 0.600. The summed E-state index contributed by atoms with van der Waals surface area (Å²) < 4.78 is 5.68. The topological polar surface area (TPSA) is 75.7 Å². The lowest BCUT2D eigenvalue weighted by Gasteiger charge is -2.36. The average molecular weight is 299 g/mol. The zero-order chi connectivity index (χ0) is 15.1. The minimum Gasteiger partial charge on any atom is -0.390 e. The van der Waals surface area contributed by atoms with Crippen LogP contribution in [0.15, 0.2) is 29.2 Å². The lowest BCUT2D eigenvalue weighted by atomic mass is 10.0. The Morgan fingerprint density at radius 1 is 1.25 bits per heavy atom. The summed E-state index contributed by atoms with van der Waals surface area (Å²) in [5, 5.41) is 19.5. The lowest BCUT2D eigenvalue weighted by molar-refractivity contribution is -0.140. The third-order valence-electron chi connectivity index (χ3n) is 3.06. The second kappa shape index (κ2) is 8.64. The first-order chi connectivity index (χ1) is 9.60. The van der Waals surface area contributed by atoms with Crippen molar-refractivity contribution < 1.29 is 14.9 Å². The molecule has 1 aromatic carbocycles. The van der Waals surface area contributed by atoms with Gasteiger partial charge in [0.15, 0.2) is 0 Å². The second-order valence-electron chi connectivity index (χ2n) is 4.56. The minimum absolute atomic E-state index is 0.167. The van der Waals surface area contributed by atoms with Gasteiger partial charge < -0.3 is 20.7 Å². The summed E-state index contributed by atoms with van der Waals surface area (Å²) in [5.74, 6) is 0. The van der Waals surface area contributed by atoms with Gasteiger partial charge in [-0.15, -0.1) is 0 Å². The van der Waals surface area contributed by atoms with Crippen molar-refractivity contribution in [3.05, 3.63) is 29.8 Å². The first-order valence-corrected chi connectivity index (χ1v) is 7.93. The van der Waals surface area contributed by atoms with E-state index in [0.29, 0.717) is 6.42 Å². The second-order valence-corrected chi connectivity index (χ2v) is 5.80. The van der Waals surface area contributed by atoms with Gasteiger partial charge in [-0.1, -0.05) is 43.3 Å². The molecule has 5 heteroatoms. The van der Waals surface area contributed by atoms with Crippen molar-refractivity contribution in [2.75, 3.05) is 6.54 Å². The van der Waals surface area contributed by atoms with Gasteiger partial charge in [0.25, 0.3) is 0 Å². The van der Waals surface area contributed by atoms with Crippen LogP contribution in [-0.4, -0.2) is 40.5 Å². The molecular formula is C15H25NO3S. The number of aliphatic hydroxyl groups is 2. The summed E-state index contributed by atoms with van der Waals surface area (Å²) >= 11 is 1.55. The Labute approximate surface area is 125 Å². The van der Waals surface area contributed by atoms with E-state index < -0.39 is 18.3 Å². The van der Waals surface area contributed by atoms with Gasteiger partial charge in [-0.25, -0.2) is 0 Å². The van der Waals surface area contributed by atoms with E-state index in [4.69, 9.17) is 10.5 Å². The monoisotopic (exact) mass is 299 g/mol. The van der Waals surface area contributed by atoms with Gasteiger partial charge in [0.2, 0.25) is 0 Å². The van der Waals surface area contributed by atoms with Gasteiger partial charge in [0.1, 0.15) is 11.5 Å². The predicted molar refractivity (Wildman–Crippen MR) is 82.7 cm³/mol. The van der Waals surface area contributed by atoms with Crippen molar-refractivity contribution in [1.82, 2.24) is 0 Å². The number of hydrogen-bond acceptors (Lipinski definition) is 5. The van der Waals surface area contributed by atoms with Crippen LogP contribution in [-0.2, 0) is 4.74 Å². The van der Waals surface area contributed by atoms with Crippen molar-refractivity contribution in [3.63, 3.8) is 0 Å². The molecule has 0 amide bonds. The molecular weight excluding hydrogens is 274 g/mol. The molecule has 0 radical (unpaired) electrons. The summed E-state index contributed by atoms with van der Waals surface area (Å²) in [6, 6.07) is 8.13. The first kappa shape index (κ1) is 17.5. The molecule has 1 aliphatic heterocycles. The Morgan fingerprint density at radius 3 is 2.40 bits per heavy atom. The molecule has 114 valence electrons. The molecule has 4 N–H and O–H groups in total. The molecule has 4 atom stereocenters. The summed E-state index contributed by atoms with van der Waals surface area (Å²) in [5.41, 5.74) is 6.57. The SMILES string of the molecule is CC.Cc1ccc(SC2CC(O)C(O)C(CN)O2)cc1. The summed E-state index contributed by atoms with van der Waals surface area (Å²) in [4.78, 5) is 1.09. The standard InChI is InChI=1S/C13H19NO3S.C2H6/c1-8-2-4-9(5-3-8)18-12-6-10(15)13(16)11(7-14)17-12;1-2/h2-5,10-13,15-16H,6-7,14H2,1H3;1-2H3. The van der Waals surface area contributed by atoms with Gasteiger partial charge in [0.05, 0.1) is 12.2 Å². The van der Waals surface area contributed by atoms with Crippen molar-refractivity contribution in [1.29, 1.82) is 0 Å². The smallest absolute Gasteiger partial charge is 0.110 e. The highest BCUT2D eigenvalue weighted by atomic mass is 32.2. The maximum atomic E-state index is 9.77. The van der Waals surface area contributed by atoms with Crippen LogP contribution in [0.4, 0.5) is 0 Å². The Balaban J connectivity index is 0.000000956. The van der Waals surface area contributed by atoms with E-state index in [9.17, 15) is 10.2 Å². The van der Waals surface area contributed by atoms with E-state index in [2.05, 4.69) is 0 Å². The predicted octanol–water partition coefficient (Wildman–Crippen LogP) is 1.91. The molecule has 1 aromatic rings. The van der Waals surface area contributed by atoms with E-state index >= 15 is 0 Å². The molecule has 1 heterocycles. The van der Waals surface area contributed by atoms with Crippen molar-refractivity contribution >= 4 is 11.8 Å².